The summed E-state index contributed by atoms with van der Waals surface area (Å²) in [5.41, 5.74) is 8.33. The average molecular weight is 476 g/mol. The first-order chi connectivity index (χ1) is 14.6. The number of alkyl halides is 3. The van der Waals surface area contributed by atoms with Gasteiger partial charge in [-0.25, -0.2) is 0 Å². The molecule has 2 aromatic carbocycles. The molecule has 3 N–H and O–H groups in total. The van der Waals surface area contributed by atoms with E-state index in [1.54, 1.807) is 18.2 Å². The van der Waals surface area contributed by atoms with E-state index < -0.39 is 24.1 Å². The summed E-state index contributed by atoms with van der Waals surface area (Å²) in [6, 6.07) is 10.9. The third-order valence-corrected chi connectivity index (χ3v) is 5.93. The van der Waals surface area contributed by atoms with E-state index in [0.29, 0.717) is 10.8 Å². The van der Waals surface area contributed by atoms with Gasteiger partial charge in [0.2, 0.25) is 0 Å². The molecule has 0 radical (unpaired) electrons. The van der Waals surface area contributed by atoms with E-state index in [-0.39, 0.29) is 24.2 Å². The van der Waals surface area contributed by atoms with E-state index in [0.717, 1.165) is 16.7 Å². The topological polar surface area (TPSA) is 63.3 Å². The molecule has 0 fully saturated rings. The zero-order chi connectivity index (χ0) is 23.6. The lowest BCUT2D eigenvalue weighted by molar-refractivity contribution is -0.150. The second-order valence-corrected chi connectivity index (χ2v) is 8.47. The Kier molecular flexibility index (Phi) is 11.5. The van der Waals surface area contributed by atoms with Crippen LogP contribution in [-0.4, -0.2) is 34.8 Å². The van der Waals surface area contributed by atoms with Crippen molar-refractivity contribution >= 4 is 29.3 Å². The Labute approximate surface area is 191 Å². The smallest absolute Gasteiger partial charge is 0.395 e. The van der Waals surface area contributed by atoms with Gasteiger partial charge in [-0.2, -0.15) is 24.9 Å². The molecule has 0 amide bonds. The number of rotatable bonds is 9. The van der Waals surface area contributed by atoms with Crippen LogP contribution in [0, 0.1) is 6.92 Å². The molecule has 3 nitrogen and oxygen atoms in total. The van der Waals surface area contributed by atoms with Gasteiger partial charge in [-0.15, -0.1) is 0 Å². The molecule has 2 aromatic rings. The van der Waals surface area contributed by atoms with Crippen molar-refractivity contribution in [2.75, 3.05) is 11.5 Å². The van der Waals surface area contributed by atoms with E-state index in [9.17, 15) is 18.0 Å². The summed E-state index contributed by atoms with van der Waals surface area (Å²) in [6.07, 6.45) is -4.20. The fourth-order valence-electron chi connectivity index (χ4n) is 3.00. The van der Waals surface area contributed by atoms with Crippen LogP contribution in [0.3, 0.4) is 0 Å². The molecule has 2 rings (SSSR count). The highest BCUT2D eigenvalue weighted by Gasteiger charge is 2.40. The maximum Gasteiger partial charge on any atom is 0.395 e. The molecule has 0 heterocycles. The quantitative estimate of drug-likeness (QED) is 0.386. The third kappa shape index (κ3) is 8.75. The van der Waals surface area contributed by atoms with Crippen LogP contribution in [0.25, 0.3) is 11.1 Å². The van der Waals surface area contributed by atoms with Crippen molar-refractivity contribution in [3.8, 4) is 11.1 Å². The average Bonchev–Trinajstić information content (AvgIpc) is 2.71. The Morgan fingerprint density at radius 3 is 2.19 bits per heavy atom. The van der Waals surface area contributed by atoms with Gasteiger partial charge in [0.25, 0.3) is 0 Å². The van der Waals surface area contributed by atoms with Gasteiger partial charge in [0.1, 0.15) is 6.04 Å². The van der Waals surface area contributed by atoms with Crippen LogP contribution in [0.2, 0.25) is 5.02 Å². The lowest BCUT2D eigenvalue weighted by atomic mass is 9.93. The zero-order valence-corrected chi connectivity index (χ0v) is 19.4. The maximum absolute atomic E-state index is 13.6. The number of aliphatic carboxylic acids is 1. The molecule has 0 saturated carbocycles. The minimum absolute atomic E-state index is 0.0736. The van der Waals surface area contributed by atoms with Crippen molar-refractivity contribution in [1.29, 1.82) is 0 Å². The molecule has 0 aliphatic carbocycles. The highest BCUT2D eigenvalue weighted by molar-refractivity contribution is 7.99. The van der Waals surface area contributed by atoms with Gasteiger partial charge in [-0.05, 0) is 65.7 Å². The van der Waals surface area contributed by atoms with Crippen LogP contribution >= 0.6 is 23.4 Å². The van der Waals surface area contributed by atoms with Gasteiger partial charge < -0.3 is 10.8 Å². The number of thioether (sulfide) groups is 1. The highest BCUT2D eigenvalue weighted by Crippen LogP contribution is 2.39. The normalized spacial score (nSPS) is 13.2. The zero-order valence-electron chi connectivity index (χ0n) is 17.9. The summed E-state index contributed by atoms with van der Waals surface area (Å²) >= 11 is 7.25. The lowest BCUT2D eigenvalue weighted by Gasteiger charge is -2.21. The predicted molar refractivity (Wildman–Crippen MR) is 124 cm³/mol. The molecular weight excluding hydrogens is 447 g/mol. The Hall–Kier alpha value is -1.70. The molecular formula is C23H29ClF3NO2S. The van der Waals surface area contributed by atoms with Gasteiger partial charge in [0, 0.05) is 5.02 Å². The van der Waals surface area contributed by atoms with E-state index in [2.05, 4.69) is 0 Å². The summed E-state index contributed by atoms with van der Waals surface area (Å²) in [4.78, 5) is 10.7. The van der Waals surface area contributed by atoms with Crippen molar-refractivity contribution in [2.45, 2.75) is 51.7 Å². The molecule has 31 heavy (non-hydrogen) atoms. The van der Waals surface area contributed by atoms with E-state index in [1.165, 1.54) is 23.9 Å². The Balaban J connectivity index is 0.00000233. The second kappa shape index (κ2) is 13.0. The van der Waals surface area contributed by atoms with Gasteiger partial charge in [0.15, 0.2) is 0 Å². The minimum atomic E-state index is -4.35. The molecule has 0 spiro atoms. The van der Waals surface area contributed by atoms with Crippen molar-refractivity contribution in [3.05, 3.63) is 58.6 Å². The Bertz CT molecular complexity index is 829. The molecule has 8 heteroatoms. The number of benzene rings is 2. The third-order valence-electron chi connectivity index (χ3n) is 4.65. The van der Waals surface area contributed by atoms with Crippen LogP contribution in [0.15, 0.2) is 42.5 Å². The summed E-state index contributed by atoms with van der Waals surface area (Å²) < 4.78 is 40.7. The molecule has 0 aliphatic heterocycles. The maximum atomic E-state index is 13.6. The first-order valence-corrected chi connectivity index (χ1v) is 11.6. The van der Waals surface area contributed by atoms with E-state index in [1.807, 2.05) is 32.9 Å². The fraction of sp³-hybridized carbons (Fsp3) is 0.435. The number of carboxylic acids is 1. The minimum Gasteiger partial charge on any atom is -0.480 e. The van der Waals surface area contributed by atoms with Crippen LogP contribution in [0.5, 0.6) is 0 Å². The van der Waals surface area contributed by atoms with E-state index >= 15 is 0 Å². The highest BCUT2D eigenvalue weighted by atomic mass is 35.5. The Morgan fingerprint density at radius 2 is 1.68 bits per heavy atom. The predicted octanol–water partition coefficient (Wildman–Crippen LogP) is 6.91. The number of aryl methyl sites for hydroxylation is 1. The molecule has 0 aromatic heterocycles. The number of carboxylic acid groups (broad SMARTS) is 1. The molecule has 2 atom stereocenters. The van der Waals surface area contributed by atoms with Crippen LogP contribution in [-0.2, 0) is 4.79 Å². The summed E-state index contributed by atoms with van der Waals surface area (Å²) in [5, 5.41) is 9.34. The van der Waals surface area contributed by atoms with E-state index in [4.69, 9.17) is 22.4 Å². The van der Waals surface area contributed by atoms with Crippen LogP contribution in [0.4, 0.5) is 13.2 Å². The summed E-state index contributed by atoms with van der Waals surface area (Å²) in [6.45, 7) is 5.90. The first-order valence-electron chi connectivity index (χ1n) is 10.1. The number of nitrogens with two attached hydrogens (primary N) is 1. The number of hydrogen-bond acceptors (Lipinski definition) is 3. The van der Waals surface area contributed by atoms with Gasteiger partial charge in [-0.1, -0.05) is 55.8 Å². The number of carbonyl (C=O) groups is 1. The van der Waals surface area contributed by atoms with Crippen LogP contribution in [0.1, 0.15) is 43.7 Å². The summed E-state index contributed by atoms with van der Waals surface area (Å²) in [5.74, 6) is -1.99. The largest absolute Gasteiger partial charge is 0.480 e. The van der Waals surface area contributed by atoms with Crippen LogP contribution < -0.4 is 5.73 Å². The summed E-state index contributed by atoms with van der Waals surface area (Å²) in [7, 11) is 0. The molecule has 0 aliphatic rings. The van der Waals surface area contributed by atoms with Gasteiger partial charge in [-0.3, -0.25) is 4.79 Å². The fourth-order valence-corrected chi connectivity index (χ4v) is 4.26. The molecule has 2 unspecified atom stereocenters. The monoisotopic (exact) mass is 475 g/mol. The molecule has 0 saturated heterocycles. The molecule has 172 valence electrons. The van der Waals surface area contributed by atoms with Crippen molar-refractivity contribution < 1.29 is 23.1 Å². The van der Waals surface area contributed by atoms with Crippen molar-refractivity contribution in [2.24, 2.45) is 5.73 Å². The lowest BCUT2D eigenvalue weighted by Crippen LogP contribution is -2.30. The van der Waals surface area contributed by atoms with Crippen molar-refractivity contribution in [3.63, 3.8) is 0 Å². The van der Waals surface area contributed by atoms with Gasteiger partial charge in [0.05, 0.1) is 5.92 Å². The number of hydrogen-bond donors (Lipinski definition) is 2. The number of halogens is 4. The first kappa shape index (κ1) is 27.3. The van der Waals surface area contributed by atoms with Crippen molar-refractivity contribution in [1.82, 2.24) is 0 Å². The molecule has 0 bridgehead atoms. The Morgan fingerprint density at radius 1 is 1.10 bits per heavy atom. The standard InChI is InChI=1S/C21H23ClF3NO2S.C2H6/c1-13-12-16(22)6-7-17(13)14-2-4-15(5-3-14)18(21(23,24)25)8-10-29-11-9-19(26)20(27)28;1-2/h2-7,12,18-19H,8-11,26H2,1H3,(H,27,28);1-2H3. The SMILES string of the molecule is CC.Cc1cc(Cl)ccc1-c1ccc(C(CCSCCC(N)C(=O)O)C(F)(F)F)cc1. The second-order valence-electron chi connectivity index (χ2n) is 6.81. The van der Waals surface area contributed by atoms with Gasteiger partial charge >= 0.3 is 12.1 Å².